The zero-order valence-corrected chi connectivity index (χ0v) is 54.1. The van der Waals surface area contributed by atoms with E-state index >= 15 is 0 Å². The largest absolute Gasteiger partial charge is 0.140 e. The van der Waals surface area contributed by atoms with Gasteiger partial charge in [0, 0.05) is 107 Å². The Hall–Kier alpha value is -5.08. The molecule has 14 aromatic rings. The van der Waals surface area contributed by atoms with Crippen molar-refractivity contribution in [2.75, 3.05) is 0 Å². The smallest absolute Gasteiger partial charge is 0.0463 e. The van der Waals surface area contributed by atoms with Gasteiger partial charge < -0.3 is 0 Å². The van der Waals surface area contributed by atoms with Gasteiger partial charge in [-0.25, -0.2) is 0 Å². The van der Waals surface area contributed by atoms with E-state index in [-0.39, 0.29) is 10.8 Å². The highest BCUT2D eigenvalue weighted by molar-refractivity contribution is 7.33. The van der Waals surface area contributed by atoms with Crippen LogP contribution in [0, 0.1) is 41.5 Å². The summed E-state index contributed by atoms with van der Waals surface area (Å²) >= 11 is 19.6. The van der Waals surface area contributed by atoms with Gasteiger partial charge in [0.2, 0.25) is 0 Å². The Labute approximate surface area is 506 Å². The van der Waals surface area contributed by atoms with Crippen LogP contribution in [0.25, 0.3) is 120 Å². The lowest BCUT2D eigenvalue weighted by atomic mass is 9.74. The summed E-state index contributed by atoms with van der Waals surface area (Å²) in [6, 6.07) is 42.9. The van der Waals surface area contributed by atoms with Crippen molar-refractivity contribution in [2.45, 2.75) is 92.9 Å². The van der Waals surface area contributed by atoms with Gasteiger partial charge in [-0.05, 0) is 228 Å². The predicted octanol–water partition coefficient (Wildman–Crippen LogP) is 24.9. The SMILES string of the molecule is Cc1cc2sc(-c3cc4c(s3)-c3c(C)c5c(c(C)c3C4(C)C)-c3sc(-c4cc6sc(C)cc6s4)cc3C5(C)C)cc2s1.Cc1ccc2sc(-c3cc4c(s3)-c3cc5c(cc3C4)-c3sc(-c4cc6cc(C)ccc6s4)cc3C5)cc2c1. The topological polar surface area (TPSA) is 0 Å². The van der Waals surface area contributed by atoms with Crippen LogP contribution in [-0.4, -0.2) is 0 Å². The minimum Gasteiger partial charge on any atom is -0.140 e. The molecule has 4 aromatic carbocycles. The minimum atomic E-state index is -0.0164. The highest BCUT2D eigenvalue weighted by Gasteiger charge is 2.47. The summed E-state index contributed by atoms with van der Waals surface area (Å²) in [6.07, 6.45) is 2.11. The second-order valence-corrected chi connectivity index (χ2v) is 35.0. The number of aryl methyl sites for hydroxylation is 4. The Bertz CT molecular complexity index is 4650. The first-order valence-electron chi connectivity index (χ1n) is 27.4. The van der Waals surface area contributed by atoms with E-state index in [2.05, 4.69) is 178 Å². The molecule has 392 valence electrons. The van der Waals surface area contributed by atoms with Gasteiger partial charge in [0.25, 0.3) is 0 Å². The lowest BCUT2D eigenvalue weighted by Crippen LogP contribution is -2.20. The Balaban J connectivity index is 0.000000129. The third-order valence-corrected chi connectivity index (χ3v) is 29.8. The summed E-state index contributed by atoms with van der Waals surface area (Å²) < 4.78 is 8.47. The van der Waals surface area contributed by atoms with Gasteiger partial charge in [-0.2, -0.15) is 0 Å². The van der Waals surface area contributed by atoms with Gasteiger partial charge in [-0.3, -0.25) is 0 Å². The fourth-order valence-electron chi connectivity index (χ4n) is 14.1. The highest BCUT2D eigenvalue weighted by Crippen LogP contribution is 2.64. The minimum absolute atomic E-state index is 0.0164. The van der Waals surface area contributed by atoms with E-state index in [4.69, 9.17) is 0 Å². The lowest BCUT2D eigenvalue weighted by molar-refractivity contribution is 0.646. The van der Waals surface area contributed by atoms with Gasteiger partial charge in [-0.1, -0.05) is 63.1 Å². The molecule has 0 nitrogen and oxygen atoms in total. The molecule has 0 amide bonds. The first-order valence-corrected chi connectivity index (χ1v) is 35.6. The highest BCUT2D eigenvalue weighted by atomic mass is 32.1. The van der Waals surface area contributed by atoms with E-state index in [0.29, 0.717) is 0 Å². The van der Waals surface area contributed by atoms with Crippen molar-refractivity contribution >= 4 is 152 Å². The molecule has 0 radical (unpaired) electrons. The maximum absolute atomic E-state index is 2.52. The average Bonchev–Trinajstić information content (AvgIpc) is 2.57. The van der Waals surface area contributed by atoms with Crippen molar-refractivity contribution in [3.8, 4) is 80.8 Å². The van der Waals surface area contributed by atoms with Crippen molar-refractivity contribution < 1.29 is 0 Å². The molecule has 0 fully saturated rings. The first-order chi connectivity index (χ1) is 38.5. The van der Waals surface area contributed by atoms with Gasteiger partial charge in [0.05, 0.1) is 0 Å². The number of benzene rings is 4. The summed E-state index contributed by atoms with van der Waals surface area (Å²) in [5.74, 6) is 0. The second-order valence-electron chi connectivity index (χ2n) is 23.9. The Morgan fingerprint density at radius 2 is 0.675 bits per heavy atom. The standard InChI is InChI=1S/C36H30S6.C34H22S4/c1-15-9-21-25(37-15)13-27(39-21)23-11-19-33(41-23)29-17(3)32-30(18(4)31(29)35(19,5)6)34-20(36(32,7)8)12-24(42-34)28-14-26-22(40-28)10-16(2)38-26;1-17-3-5-27-21(7-17)13-29(35-27)31-15-23-9-19-12-26-20(11-25(19)33(23)37-31)10-24-16-32(38-34(24)26)30-14-22-8-18(2)4-6-28(22)36-30/h9-14H,1-8H3;3-8,11-16H,9-10H2,1-2H3. The molecule has 10 aromatic heterocycles. The van der Waals surface area contributed by atoms with Crippen molar-refractivity contribution in [1.29, 1.82) is 0 Å². The molecule has 4 aliphatic carbocycles. The molecule has 0 atom stereocenters. The third-order valence-electron chi connectivity index (χ3n) is 17.7. The second kappa shape index (κ2) is 17.3. The Morgan fingerprint density at radius 1 is 0.312 bits per heavy atom. The first kappa shape index (κ1) is 49.5. The molecule has 0 aliphatic heterocycles. The zero-order valence-electron chi connectivity index (χ0n) is 45.9. The van der Waals surface area contributed by atoms with Gasteiger partial charge in [-0.15, -0.1) is 113 Å². The zero-order chi connectivity index (χ0) is 54.2. The number of hydrogen-bond acceptors (Lipinski definition) is 10. The van der Waals surface area contributed by atoms with Crippen LogP contribution in [0.3, 0.4) is 0 Å². The Morgan fingerprint density at radius 3 is 1.10 bits per heavy atom. The normalized spacial score (nSPS) is 14.7. The molecule has 0 spiro atoms. The molecule has 0 saturated heterocycles. The fourth-order valence-corrected chi connectivity index (χ4v) is 26.4. The van der Waals surface area contributed by atoms with Crippen LogP contribution >= 0.6 is 113 Å². The molecule has 10 heterocycles. The van der Waals surface area contributed by atoms with E-state index in [1.54, 1.807) is 11.1 Å². The van der Waals surface area contributed by atoms with Gasteiger partial charge in [0.15, 0.2) is 0 Å². The summed E-state index contributed by atoms with van der Waals surface area (Å²) in [6.45, 7) is 23.5. The van der Waals surface area contributed by atoms with E-state index in [1.807, 2.05) is 113 Å². The number of rotatable bonds is 4. The van der Waals surface area contributed by atoms with Crippen molar-refractivity contribution in [3.05, 3.63) is 186 Å². The van der Waals surface area contributed by atoms with Crippen LogP contribution < -0.4 is 0 Å². The third kappa shape index (κ3) is 7.20. The molecule has 10 heteroatoms. The Kier molecular flexibility index (Phi) is 10.7. The number of thiophene rings is 10. The molecular weight excluding hydrogens is 1160 g/mol. The molecule has 0 bridgehead atoms. The van der Waals surface area contributed by atoms with Crippen LogP contribution in [0.4, 0.5) is 0 Å². The maximum Gasteiger partial charge on any atom is 0.0463 e. The molecule has 4 aliphatic rings. The maximum atomic E-state index is 2.52. The summed E-state index contributed by atoms with van der Waals surface area (Å²) in [4.78, 5) is 20.1. The van der Waals surface area contributed by atoms with Crippen LogP contribution in [0.5, 0.6) is 0 Å². The van der Waals surface area contributed by atoms with Gasteiger partial charge in [0.1, 0.15) is 0 Å². The van der Waals surface area contributed by atoms with Crippen molar-refractivity contribution in [3.63, 3.8) is 0 Å². The molecule has 18 rings (SSSR count). The average molecular weight is 1210 g/mol. The summed E-state index contributed by atoms with van der Waals surface area (Å²) in [5.41, 5.74) is 23.8. The summed E-state index contributed by atoms with van der Waals surface area (Å²) in [7, 11) is 0. The fraction of sp³-hybridized carbons (Fsp3) is 0.200. The molecule has 80 heavy (non-hydrogen) atoms. The molecule has 0 unspecified atom stereocenters. The monoisotopic (exact) mass is 1210 g/mol. The van der Waals surface area contributed by atoms with Gasteiger partial charge >= 0.3 is 0 Å². The van der Waals surface area contributed by atoms with Crippen LogP contribution in [0.1, 0.15) is 104 Å². The predicted molar refractivity (Wildman–Crippen MR) is 363 cm³/mol. The van der Waals surface area contributed by atoms with E-state index < -0.39 is 0 Å². The number of fused-ring (bicyclic) bond motifs is 16. The number of hydrogen-bond donors (Lipinski definition) is 0. The van der Waals surface area contributed by atoms with Crippen LogP contribution in [0.2, 0.25) is 0 Å². The lowest BCUT2D eigenvalue weighted by Gasteiger charge is -2.29. The quantitative estimate of drug-likeness (QED) is 0.165. The van der Waals surface area contributed by atoms with E-state index in [9.17, 15) is 0 Å². The molecule has 0 saturated carbocycles. The molecular formula is C70H52S10. The van der Waals surface area contributed by atoms with E-state index in [1.165, 1.54) is 185 Å². The van der Waals surface area contributed by atoms with Crippen LogP contribution in [0.15, 0.2) is 109 Å². The molecule has 0 N–H and O–H groups in total. The van der Waals surface area contributed by atoms with E-state index in [0.717, 1.165) is 12.8 Å². The van der Waals surface area contributed by atoms with Crippen LogP contribution in [-0.2, 0) is 23.7 Å². The summed E-state index contributed by atoms with van der Waals surface area (Å²) in [5, 5.41) is 2.74. The van der Waals surface area contributed by atoms with Crippen molar-refractivity contribution in [1.82, 2.24) is 0 Å². The van der Waals surface area contributed by atoms with Crippen molar-refractivity contribution in [2.24, 2.45) is 0 Å².